The van der Waals surface area contributed by atoms with Gasteiger partial charge in [-0.2, -0.15) is 13.2 Å². The molecule has 0 N–H and O–H groups in total. The number of hydrogen-bond acceptors (Lipinski definition) is 4. The zero-order valence-electron chi connectivity index (χ0n) is 25.7. The average Bonchev–Trinajstić information content (AvgIpc) is 2.95. The lowest BCUT2D eigenvalue weighted by Gasteiger charge is -2.48. The minimum atomic E-state index is -4.40. The molecule has 1 saturated heterocycles. The summed E-state index contributed by atoms with van der Waals surface area (Å²) in [4.78, 5) is 20.9. The summed E-state index contributed by atoms with van der Waals surface area (Å²) < 4.78 is 41.7. The largest absolute Gasteiger partial charge is 0.417 e. The number of fused-ring (bicyclic) bond motifs is 2. The van der Waals surface area contributed by atoms with Gasteiger partial charge in [-0.25, -0.2) is 0 Å². The van der Waals surface area contributed by atoms with E-state index in [0.29, 0.717) is 24.4 Å². The Morgan fingerprint density at radius 2 is 1.74 bits per heavy atom. The summed E-state index contributed by atoms with van der Waals surface area (Å²) in [6.07, 6.45) is 1.35. The van der Waals surface area contributed by atoms with E-state index in [1.165, 1.54) is 18.1 Å². The summed E-state index contributed by atoms with van der Waals surface area (Å²) in [5.74, 6) is 0.477. The normalized spacial score (nSPS) is 17.1. The molecule has 42 heavy (non-hydrogen) atoms. The van der Waals surface area contributed by atoms with Crippen molar-refractivity contribution < 1.29 is 13.2 Å². The highest BCUT2D eigenvalue weighted by Crippen LogP contribution is 2.46. The Hall–Kier alpha value is -3.13. The lowest BCUT2D eigenvalue weighted by molar-refractivity contribution is -0.137. The van der Waals surface area contributed by atoms with Gasteiger partial charge in [0.25, 0.3) is 5.56 Å². The molecule has 0 aliphatic carbocycles. The fraction of sp³-hybridized carbons (Fsp3) is 0.529. The van der Waals surface area contributed by atoms with Crippen LogP contribution in [0.4, 0.5) is 13.2 Å². The summed E-state index contributed by atoms with van der Waals surface area (Å²) in [5.41, 5.74) is 3.80. The molecule has 0 atom stereocenters. The number of aromatic nitrogens is 2. The summed E-state index contributed by atoms with van der Waals surface area (Å²) in [6.45, 7) is 17.1. The first-order chi connectivity index (χ1) is 19.9. The van der Waals surface area contributed by atoms with Crippen LogP contribution in [0.2, 0.25) is 0 Å². The lowest BCUT2D eigenvalue weighted by Crippen LogP contribution is -2.46. The van der Waals surface area contributed by atoms with Gasteiger partial charge < -0.3 is 9.47 Å². The molecule has 0 saturated carbocycles. The lowest BCUT2D eigenvalue weighted by atomic mass is 9.70. The summed E-state index contributed by atoms with van der Waals surface area (Å²) in [5, 5.41) is 1.05. The Kier molecular flexibility index (Phi) is 9.86. The molecule has 0 amide bonds. The van der Waals surface area contributed by atoms with Gasteiger partial charge >= 0.3 is 6.18 Å². The van der Waals surface area contributed by atoms with Crippen LogP contribution >= 0.6 is 0 Å². The molecule has 2 aliphatic heterocycles. The first kappa shape index (κ1) is 31.8. The van der Waals surface area contributed by atoms with Crippen molar-refractivity contribution in [1.82, 2.24) is 19.4 Å². The number of hydrogen-bond donors (Lipinski definition) is 0. The van der Waals surface area contributed by atoms with Crippen LogP contribution in [-0.4, -0.2) is 39.0 Å². The number of halogens is 3. The van der Waals surface area contributed by atoms with Crippen LogP contribution in [0.1, 0.15) is 75.8 Å². The minimum Gasteiger partial charge on any atom is -0.370 e. The van der Waals surface area contributed by atoms with Gasteiger partial charge in [-0.3, -0.25) is 14.7 Å². The van der Waals surface area contributed by atoms with Crippen LogP contribution < -0.4 is 5.56 Å². The molecule has 2 aromatic heterocycles. The van der Waals surface area contributed by atoms with E-state index in [-0.39, 0.29) is 11.0 Å². The molecular weight excluding hydrogens is 537 g/mol. The van der Waals surface area contributed by atoms with E-state index in [0.717, 1.165) is 73.9 Å². The monoisotopic (exact) mass is 582 g/mol. The van der Waals surface area contributed by atoms with Crippen molar-refractivity contribution in [3.05, 3.63) is 87.6 Å². The van der Waals surface area contributed by atoms with E-state index in [9.17, 15) is 18.0 Å². The highest BCUT2D eigenvalue weighted by atomic mass is 19.4. The molecule has 1 aromatic carbocycles. The van der Waals surface area contributed by atoms with E-state index >= 15 is 0 Å². The second kappa shape index (κ2) is 13.0. The highest BCUT2D eigenvalue weighted by molar-refractivity contribution is 5.79. The predicted octanol–water partition coefficient (Wildman–Crippen LogP) is 7.57. The molecule has 5 nitrogen and oxygen atoms in total. The molecule has 4 heterocycles. The van der Waals surface area contributed by atoms with E-state index in [2.05, 4.69) is 67.3 Å². The molecule has 0 bridgehead atoms. The maximum absolute atomic E-state index is 13.3. The SMILES string of the molecule is C=C(N1CCc2ncc(C(F)(F)F)cc2C1)C1(CC(C)C)CCN(Cc2ccc3ccc(=O)n(C)c3c2)CC1.CCC. The van der Waals surface area contributed by atoms with Gasteiger partial charge in [0.2, 0.25) is 0 Å². The van der Waals surface area contributed by atoms with E-state index in [4.69, 9.17) is 0 Å². The molecule has 0 unspecified atom stereocenters. The summed E-state index contributed by atoms with van der Waals surface area (Å²) >= 11 is 0. The Labute approximate surface area is 248 Å². The number of likely N-dealkylation sites (tertiary alicyclic amines) is 1. The van der Waals surface area contributed by atoms with Crippen LogP contribution in [0.25, 0.3) is 10.9 Å². The van der Waals surface area contributed by atoms with E-state index in [1.807, 2.05) is 6.07 Å². The second-order valence-electron chi connectivity index (χ2n) is 12.4. The molecular formula is C34H45F3N4O. The van der Waals surface area contributed by atoms with Gasteiger partial charge in [0.15, 0.2) is 0 Å². The quantitative estimate of drug-likeness (QED) is 0.301. The van der Waals surface area contributed by atoms with Crippen LogP contribution in [0, 0.1) is 11.3 Å². The van der Waals surface area contributed by atoms with Crippen LogP contribution in [-0.2, 0) is 32.7 Å². The standard InChI is InChI=1S/C31H37F3N4O.C3H8/c1-21(2)17-30(22(3)38-12-9-27-25(20-38)16-26(18-35-27)31(32,33)34)10-13-37(14-11-30)19-23-5-6-24-7-8-29(39)36(4)28(24)15-23;1-3-2/h5-8,15-16,18,21H,3,9-14,17,19-20H2,1-2,4H3;3H2,1-2H3. The van der Waals surface area contributed by atoms with E-state index in [1.54, 1.807) is 17.7 Å². The summed E-state index contributed by atoms with van der Waals surface area (Å²) in [7, 11) is 1.81. The molecule has 0 radical (unpaired) electrons. The molecule has 2 aliphatic rings. The van der Waals surface area contributed by atoms with Gasteiger partial charge in [0.05, 0.1) is 11.1 Å². The molecule has 8 heteroatoms. The first-order valence-electron chi connectivity index (χ1n) is 15.2. The average molecular weight is 583 g/mol. The van der Waals surface area contributed by atoms with Crippen molar-refractivity contribution >= 4 is 10.9 Å². The topological polar surface area (TPSA) is 41.4 Å². The Morgan fingerprint density at radius 1 is 1.07 bits per heavy atom. The zero-order valence-corrected chi connectivity index (χ0v) is 25.7. The highest BCUT2D eigenvalue weighted by Gasteiger charge is 2.41. The van der Waals surface area contributed by atoms with Gasteiger partial charge in [0, 0.05) is 62.2 Å². The number of nitrogens with zero attached hydrogens (tertiary/aromatic N) is 4. The van der Waals surface area contributed by atoms with Crippen molar-refractivity contribution in [3.63, 3.8) is 0 Å². The van der Waals surface area contributed by atoms with Crippen molar-refractivity contribution in [2.45, 2.75) is 79.1 Å². The maximum Gasteiger partial charge on any atom is 0.417 e. The molecule has 0 spiro atoms. The maximum atomic E-state index is 13.3. The third kappa shape index (κ3) is 7.08. The van der Waals surface area contributed by atoms with Crippen LogP contribution in [0.3, 0.4) is 0 Å². The molecule has 3 aromatic rings. The number of pyridine rings is 2. The second-order valence-corrected chi connectivity index (χ2v) is 12.4. The summed E-state index contributed by atoms with van der Waals surface area (Å²) in [6, 6.07) is 11.1. The van der Waals surface area contributed by atoms with Crippen molar-refractivity contribution in [3.8, 4) is 0 Å². The van der Waals surface area contributed by atoms with Gasteiger partial charge in [-0.15, -0.1) is 0 Å². The third-order valence-corrected chi connectivity index (χ3v) is 8.57. The number of aryl methyl sites for hydroxylation is 1. The van der Waals surface area contributed by atoms with Crippen LogP contribution in [0.15, 0.2) is 59.7 Å². The molecule has 228 valence electrons. The number of rotatable bonds is 6. The van der Waals surface area contributed by atoms with Gasteiger partial charge in [-0.1, -0.05) is 52.8 Å². The predicted molar refractivity (Wildman–Crippen MR) is 164 cm³/mol. The van der Waals surface area contributed by atoms with Gasteiger partial charge in [-0.05, 0) is 73.0 Å². The van der Waals surface area contributed by atoms with Crippen molar-refractivity contribution in [2.75, 3.05) is 19.6 Å². The fourth-order valence-corrected chi connectivity index (χ4v) is 6.45. The fourth-order valence-electron chi connectivity index (χ4n) is 6.45. The van der Waals surface area contributed by atoms with Crippen LogP contribution in [0.5, 0.6) is 0 Å². The zero-order chi connectivity index (χ0) is 30.7. The van der Waals surface area contributed by atoms with Crippen molar-refractivity contribution in [1.29, 1.82) is 0 Å². The minimum absolute atomic E-state index is 0.0136. The Morgan fingerprint density at radius 3 is 2.38 bits per heavy atom. The first-order valence-corrected chi connectivity index (χ1v) is 15.2. The number of benzene rings is 1. The third-order valence-electron chi connectivity index (χ3n) is 8.57. The number of alkyl halides is 3. The van der Waals surface area contributed by atoms with Crippen molar-refractivity contribution in [2.24, 2.45) is 18.4 Å². The Bertz CT molecular complexity index is 1450. The number of allylic oxidation sites excluding steroid dienone is 1. The molecule has 5 rings (SSSR count). The molecule has 1 fully saturated rings. The van der Waals surface area contributed by atoms with E-state index < -0.39 is 11.7 Å². The Balaban J connectivity index is 0.00000129. The smallest absolute Gasteiger partial charge is 0.370 e. The number of piperidine rings is 1. The van der Waals surface area contributed by atoms with Gasteiger partial charge in [0.1, 0.15) is 0 Å².